The molecule has 2 aromatic rings. The summed E-state index contributed by atoms with van der Waals surface area (Å²) < 4.78 is 5.15. The minimum atomic E-state index is -0.643. The fourth-order valence-corrected chi connectivity index (χ4v) is 2.40. The number of carbonyl (C=O) groups is 1. The first-order valence-corrected chi connectivity index (χ1v) is 7.67. The molecule has 118 valence electrons. The SMILES string of the molecule is CCN(CC)CCNC(=O)c1cc2cc(Cl)ccc2oc1=O. The molecular weight excluding hydrogens is 304 g/mol. The number of nitrogens with one attached hydrogen (secondary N) is 1. The summed E-state index contributed by atoms with van der Waals surface area (Å²) in [4.78, 5) is 26.2. The highest BCUT2D eigenvalue weighted by atomic mass is 35.5. The minimum Gasteiger partial charge on any atom is -0.422 e. The average molecular weight is 323 g/mol. The summed E-state index contributed by atoms with van der Waals surface area (Å²) in [7, 11) is 0. The zero-order chi connectivity index (χ0) is 16.1. The molecule has 1 aromatic heterocycles. The summed E-state index contributed by atoms with van der Waals surface area (Å²) in [5.74, 6) is -0.428. The molecule has 6 heteroatoms. The van der Waals surface area contributed by atoms with E-state index in [1.54, 1.807) is 18.2 Å². The number of amides is 1. The summed E-state index contributed by atoms with van der Waals surface area (Å²) in [5, 5.41) is 3.89. The molecule has 1 N–H and O–H groups in total. The van der Waals surface area contributed by atoms with Crippen LogP contribution >= 0.6 is 11.6 Å². The second-order valence-electron chi connectivity index (χ2n) is 4.91. The van der Waals surface area contributed by atoms with Gasteiger partial charge in [0.1, 0.15) is 11.1 Å². The van der Waals surface area contributed by atoms with Crippen LogP contribution in [0.1, 0.15) is 24.2 Å². The Hall–Kier alpha value is -1.85. The van der Waals surface area contributed by atoms with Gasteiger partial charge in [-0.3, -0.25) is 4.79 Å². The van der Waals surface area contributed by atoms with Gasteiger partial charge in [0.15, 0.2) is 0 Å². The van der Waals surface area contributed by atoms with E-state index in [1.165, 1.54) is 6.07 Å². The number of carbonyl (C=O) groups excluding carboxylic acids is 1. The smallest absolute Gasteiger partial charge is 0.349 e. The van der Waals surface area contributed by atoms with E-state index in [0.717, 1.165) is 19.6 Å². The first-order chi connectivity index (χ1) is 10.5. The molecule has 0 aliphatic rings. The molecule has 0 fully saturated rings. The second-order valence-corrected chi connectivity index (χ2v) is 5.35. The van der Waals surface area contributed by atoms with Crippen LogP contribution in [0.4, 0.5) is 0 Å². The Kier molecular flexibility index (Phi) is 5.57. The molecule has 1 heterocycles. The van der Waals surface area contributed by atoms with Crippen molar-refractivity contribution < 1.29 is 9.21 Å². The van der Waals surface area contributed by atoms with Crippen molar-refractivity contribution in [2.75, 3.05) is 26.2 Å². The number of hydrogen-bond acceptors (Lipinski definition) is 4. The predicted molar refractivity (Wildman–Crippen MR) is 87.6 cm³/mol. The highest BCUT2D eigenvalue weighted by Gasteiger charge is 2.13. The van der Waals surface area contributed by atoms with Gasteiger partial charge in [-0.05, 0) is 37.4 Å². The number of hydrogen-bond donors (Lipinski definition) is 1. The number of rotatable bonds is 6. The molecule has 0 atom stereocenters. The van der Waals surface area contributed by atoms with Crippen molar-refractivity contribution in [1.82, 2.24) is 10.2 Å². The van der Waals surface area contributed by atoms with Gasteiger partial charge < -0.3 is 14.6 Å². The summed E-state index contributed by atoms with van der Waals surface area (Å²) >= 11 is 5.91. The Labute approximate surface area is 133 Å². The number of fused-ring (bicyclic) bond motifs is 1. The quantitative estimate of drug-likeness (QED) is 0.830. The molecule has 22 heavy (non-hydrogen) atoms. The Morgan fingerprint density at radius 2 is 2.00 bits per heavy atom. The van der Waals surface area contributed by atoms with Gasteiger partial charge >= 0.3 is 5.63 Å². The largest absolute Gasteiger partial charge is 0.422 e. The van der Waals surface area contributed by atoms with Crippen LogP contribution in [0.3, 0.4) is 0 Å². The summed E-state index contributed by atoms with van der Waals surface area (Å²) in [6.45, 7) is 7.18. The third-order valence-electron chi connectivity index (χ3n) is 3.55. The molecular formula is C16H19ClN2O3. The van der Waals surface area contributed by atoms with E-state index in [-0.39, 0.29) is 5.56 Å². The standard InChI is InChI=1S/C16H19ClN2O3/c1-3-19(4-2)8-7-18-15(20)13-10-11-9-12(17)5-6-14(11)22-16(13)21/h5-6,9-10H,3-4,7-8H2,1-2H3,(H,18,20). The lowest BCUT2D eigenvalue weighted by molar-refractivity contribution is 0.0945. The van der Waals surface area contributed by atoms with Crippen LogP contribution in [0, 0.1) is 0 Å². The molecule has 0 unspecified atom stereocenters. The molecule has 0 radical (unpaired) electrons. The van der Waals surface area contributed by atoms with Crippen molar-refractivity contribution in [3.8, 4) is 0 Å². The fourth-order valence-electron chi connectivity index (χ4n) is 2.22. The molecule has 0 saturated carbocycles. The van der Waals surface area contributed by atoms with Gasteiger partial charge in [-0.2, -0.15) is 0 Å². The molecule has 0 saturated heterocycles. The maximum absolute atomic E-state index is 12.1. The van der Waals surface area contributed by atoms with Gasteiger partial charge in [-0.15, -0.1) is 0 Å². The molecule has 0 spiro atoms. The second kappa shape index (κ2) is 7.42. The average Bonchev–Trinajstić information content (AvgIpc) is 2.51. The predicted octanol–water partition coefficient (Wildman–Crippen LogP) is 2.52. The topological polar surface area (TPSA) is 62.6 Å². The van der Waals surface area contributed by atoms with Crippen LogP contribution in [-0.2, 0) is 0 Å². The monoisotopic (exact) mass is 322 g/mol. The Morgan fingerprint density at radius 3 is 2.68 bits per heavy atom. The number of halogens is 1. The summed E-state index contributed by atoms with van der Waals surface area (Å²) in [6.07, 6.45) is 0. The fraction of sp³-hybridized carbons (Fsp3) is 0.375. The van der Waals surface area contributed by atoms with E-state index in [4.69, 9.17) is 16.0 Å². The Balaban J connectivity index is 2.14. The lowest BCUT2D eigenvalue weighted by atomic mass is 10.2. The zero-order valence-electron chi connectivity index (χ0n) is 12.7. The van der Waals surface area contributed by atoms with E-state index < -0.39 is 11.5 Å². The number of benzene rings is 1. The van der Waals surface area contributed by atoms with Crippen LogP contribution < -0.4 is 10.9 Å². The van der Waals surface area contributed by atoms with Crippen molar-refractivity contribution in [3.05, 3.63) is 45.3 Å². The number of nitrogens with zero attached hydrogens (tertiary/aromatic N) is 1. The molecule has 1 aromatic carbocycles. The van der Waals surface area contributed by atoms with Crippen molar-refractivity contribution in [3.63, 3.8) is 0 Å². The minimum absolute atomic E-state index is 0.00527. The summed E-state index contributed by atoms with van der Waals surface area (Å²) in [5.41, 5.74) is -0.237. The third kappa shape index (κ3) is 3.87. The maximum Gasteiger partial charge on any atom is 0.349 e. The van der Waals surface area contributed by atoms with E-state index in [1.807, 2.05) is 0 Å². The first kappa shape index (κ1) is 16.5. The van der Waals surface area contributed by atoms with Gasteiger partial charge in [0, 0.05) is 23.5 Å². The highest BCUT2D eigenvalue weighted by molar-refractivity contribution is 6.31. The number of likely N-dealkylation sites (N-methyl/N-ethyl adjacent to an activating group) is 1. The van der Waals surface area contributed by atoms with Crippen molar-refractivity contribution in [2.24, 2.45) is 0 Å². The van der Waals surface area contributed by atoms with Gasteiger partial charge in [0.05, 0.1) is 0 Å². The Bertz CT molecular complexity index is 723. The van der Waals surface area contributed by atoms with E-state index in [9.17, 15) is 9.59 Å². The van der Waals surface area contributed by atoms with Crippen LogP contribution in [0.2, 0.25) is 5.02 Å². The molecule has 0 bridgehead atoms. The lowest BCUT2D eigenvalue weighted by Crippen LogP contribution is -2.36. The van der Waals surface area contributed by atoms with Gasteiger partial charge in [-0.1, -0.05) is 25.4 Å². The molecule has 0 aliphatic carbocycles. The summed E-state index contributed by atoms with van der Waals surface area (Å²) in [6, 6.07) is 6.42. The van der Waals surface area contributed by atoms with Crippen molar-refractivity contribution in [2.45, 2.75) is 13.8 Å². The van der Waals surface area contributed by atoms with E-state index in [2.05, 4.69) is 24.1 Å². The molecule has 1 amide bonds. The zero-order valence-corrected chi connectivity index (χ0v) is 13.4. The van der Waals surface area contributed by atoms with Crippen molar-refractivity contribution in [1.29, 1.82) is 0 Å². The van der Waals surface area contributed by atoms with Crippen LogP contribution in [0.25, 0.3) is 11.0 Å². The van der Waals surface area contributed by atoms with Gasteiger partial charge in [-0.25, -0.2) is 4.79 Å². The lowest BCUT2D eigenvalue weighted by Gasteiger charge is -2.17. The van der Waals surface area contributed by atoms with Gasteiger partial charge in [0.2, 0.25) is 0 Å². The van der Waals surface area contributed by atoms with Crippen LogP contribution in [0.5, 0.6) is 0 Å². The molecule has 5 nitrogen and oxygen atoms in total. The Morgan fingerprint density at radius 1 is 1.27 bits per heavy atom. The van der Waals surface area contributed by atoms with Gasteiger partial charge in [0.25, 0.3) is 5.91 Å². The highest BCUT2D eigenvalue weighted by Crippen LogP contribution is 2.18. The molecule has 0 aliphatic heterocycles. The van der Waals surface area contributed by atoms with Crippen molar-refractivity contribution >= 4 is 28.5 Å². The maximum atomic E-state index is 12.1. The first-order valence-electron chi connectivity index (χ1n) is 7.29. The van der Waals surface area contributed by atoms with E-state index in [0.29, 0.717) is 22.5 Å². The van der Waals surface area contributed by atoms with E-state index >= 15 is 0 Å². The van der Waals surface area contributed by atoms with Crippen LogP contribution in [0.15, 0.2) is 33.5 Å². The normalized spacial score (nSPS) is 11.1. The third-order valence-corrected chi connectivity index (χ3v) is 3.78. The molecule has 2 rings (SSSR count). The van der Waals surface area contributed by atoms with Crippen LogP contribution in [-0.4, -0.2) is 37.0 Å².